The van der Waals surface area contributed by atoms with Crippen LogP contribution < -0.4 is 0 Å². The van der Waals surface area contributed by atoms with E-state index in [0.29, 0.717) is 6.61 Å². The molecule has 1 aliphatic rings. The van der Waals surface area contributed by atoms with Crippen LogP contribution in [0.2, 0.25) is 0 Å². The molecule has 0 aromatic rings. The van der Waals surface area contributed by atoms with Gasteiger partial charge in [0.1, 0.15) is 0 Å². The van der Waals surface area contributed by atoms with Crippen molar-refractivity contribution >= 4 is 12.2 Å². The summed E-state index contributed by atoms with van der Waals surface area (Å²) in [6.07, 6.45) is 0.842. The van der Waals surface area contributed by atoms with E-state index < -0.39 is 12.1 Å². The molecule has 4 heteroatoms. The first-order valence-corrected chi connectivity index (χ1v) is 2.63. The lowest BCUT2D eigenvalue weighted by atomic mass is 10.3. The Morgan fingerprint density at radius 2 is 2.67 bits per heavy atom. The van der Waals surface area contributed by atoms with E-state index in [9.17, 15) is 4.79 Å². The van der Waals surface area contributed by atoms with Gasteiger partial charge in [-0.15, -0.1) is 0 Å². The molecule has 0 saturated heterocycles. The number of ether oxygens (including phenoxy) is 1. The Labute approximate surface area is 52.2 Å². The normalized spacial score (nSPS) is 26.0. The maximum atomic E-state index is 10.2. The van der Waals surface area contributed by atoms with E-state index in [0.717, 1.165) is 0 Å². The van der Waals surface area contributed by atoms with Crippen molar-refractivity contribution in [3.8, 4) is 0 Å². The topological polar surface area (TPSA) is 58.9 Å². The predicted octanol–water partition coefficient (Wildman–Crippen LogP) is -0.459. The first-order chi connectivity index (χ1) is 4.30. The first kappa shape index (κ1) is 6.22. The lowest BCUT2D eigenvalue weighted by molar-refractivity contribution is -0.148. The molecule has 0 aliphatic carbocycles. The van der Waals surface area contributed by atoms with Crippen molar-refractivity contribution in [3.63, 3.8) is 0 Å². The van der Waals surface area contributed by atoms with E-state index in [1.165, 1.54) is 0 Å². The van der Waals surface area contributed by atoms with Gasteiger partial charge in [-0.05, 0) is 0 Å². The lowest BCUT2D eigenvalue weighted by Crippen LogP contribution is -2.30. The van der Waals surface area contributed by atoms with E-state index in [1.807, 2.05) is 0 Å². The number of hydrogen-bond donors (Lipinski definition) is 1. The fourth-order valence-corrected chi connectivity index (χ4v) is 0.584. The Morgan fingerprint density at radius 1 is 1.89 bits per heavy atom. The number of aliphatic imine (C=N–C) groups is 1. The third-order valence-electron chi connectivity index (χ3n) is 1.05. The zero-order valence-corrected chi connectivity index (χ0v) is 4.78. The highest BCUT2D eigenvalue weighted by Crippen LogP contribution is 1.96. The molecule has 0 bridgehead atoms. The fourth-order valence-electron chi connectivity index (χ4n) is 0.584. The first-order valence-electron chi connectivity index (χ1n) is 2.63. The molecule has 1 rings (SSSR count). The van der Waals surface area contributed by atoms with E-state index >= 15 is 0 Å². The highest BCUT2D eigenvalue weighted by molar-refractivity contribution is 5.74. The average molecular weight is 129 g/mol. The minimum absolute atomic E-state index is 0.245. The highest BCUT2D eigenvalue weighted by Gasteiger charge is 2.18. The number of aliphatic carboxylic acids is 1. The SMILES string of the molecule is O=C(O)C1CN=CCO1. The summed E-state index contributed by atoms with van der Waals surface area (Å²) in [5.41, 5.74) is 0. The van der Waals surface area contributed by atoms with E-state index in [4.69, 9.17) is 9.84 Å². The Bertz CT molecular complexity index is 143. The van der Waals surface area contributed by atoms with Crippen LogP contribution in [0.1, 0.15) is 0 Å². The zero-order chi connectivity index (χ0) is 6.69. The van der Waals surface area contributed by atoms with Gasteiger partial charge in [-0.25, -0.2) is 4.79 Å². The molecule has 0 spiro atoms. The standard InChI is InChI=1S/C5H7NO3/c7-5(8)4-3-6-1-2-9-4/h1,4H,2-3H2,(H,7,8). The van der Waals surface area contributed by atoms with Gasteiger partial charge in [0.05, 0.1) is 13.2 Å². The molecule has 9 heavy (non-hydrogen) atoms. The number of carboxylic acid groups (broad SMARTS) is 1. The van der Waals surface area contributed by atoms with Crippen molar-refractivity contribution in [3.05, 3.63) is 0 Å². The number of carboxylic acids is 1. The number of rotatable bonds is 1. The smallest absolute Gasteiger partial charge is 0.334 e. The predicted molar refractivity (Wildman–Crippen MR) is 30.7 cm³/mol. The summed E-state index contributed by atoms with van der Waals surface area (Å²) in [6, 6.07) is 0. The molecule has 1 aliphatic heterocycles. The molecular formula is C5H7NO3. The van der Waals surface area contributed by atoms with Gasteiger partial charge < -0.3 is 9.84 Å². The lowest BCUT2D eigenvalue weighted by Gasteiger charge is -2.12. The largest absolute Gasteiger partial charge is 0.479 e. The van der Waals surface area contributed by atoms with Crippen LogP contribution in [0.15, 0.2) is 4.99 Å². The molecule has 1 N–H and O–H groups in total. The van der Waals surface area contributed by atoms with Gasteiger partial charge in [-0.3, -0.25) is 4.99 Å². The Balaban J connectivity index is 2.44. The van der Waals surface area contributed by atoms with Crippen molar-refractivity contribution in [2.24, 2.45) is 4.99 Å². The number of nitrogens with zero attached hydrogens (tertiary/aromatic N) is 1. The Kier molecular flexibility index (Phi) is 1.79. The molecule has 0 radical (unpaired) electrons. The van der Waals surface area contributed by atoms with Gasteiger partial charge >= 0.3 is 5.97 Å². The summed E-state index contributed by atoms with van der Waals surface area (Å²) in [4.78, 5) is 13.9. The van der Waals surface area contributed by atoms with Crippen molar-refractivity contribution in [1.29, 1.82) is 0 Å². The molecular weight excluding hydrogens is 122 g/mol. The molecule has 1 heterocycles. The van der Waals surface area contributed by atoms with Gasteiger partial charge in [0.2, 0.25) is 0 Å². The molecule has 0 saturated carbocycles. The van der Waals surface area contributed by atoms with Crippen LogP contribution in [0.25, 0.3) is 0 Å². The van der Waals surface area contributed by atoms with Gasteiger partial charge in [-0.2, -0.15) is 0 Å². The minimum atomic E-state index is -0.938. The third kappa shape index (κ3) is 1.50. The highest BCUT2D eigenvalue weighted by atomic mass is 16.5. The van der Waals surface area contributed by atoms with Crippen molar-refractivity contribution in [2.75, 3.05) is 13.2 Å². The van der Waals surface area contributed by atoms with Crippen molar-refractivity contribution in [2.45, 2.75) is 6.10 Å². The molecule has 0 aromatic heterocycles. The Morgan fingerprint density at radius 3 is 3.00 bits per heavy atom. The van der Waals surface area contributed by atoms with Gasteiger partial charge in [0.15, 0.2) is 6.10 Å². The van der Waals surface area contributed by atoms with Crippen LogP contribution >= 0.6 is 0 Å². The monoisotopic (exact) mass is 129 g/mol. The molecule has 0 amide bonds. The Hall–Kier alpha value is -0.900. The molecule has 4 nitrogen and oxygen atoms in total. The van der Waals surface area contributed by atoms with Crippen LogP contribution in [0, 0.1) is 0 Å². The summed E-state index contributed by atoms with van der Waals surface area (Å²) in [7, 11) is 0. The average Bonchev–Trinajstić information content (AvgIpc) is 1.90. The van der Waals surface area contributed by atoms with E-state index in [-0.39, 0.29) is 6.54 Å². The number of hydrogen-bond acceptors (Lipinski definition) is 3. The van der Waals surface area contributed by atoms with Crippen LogP contribution in [-0.2, 0) is 9.53 Å². The summed E-state index contributed by atoms with van der Waals surface area (Å²) >= 11 is 0. The summed E-state index contributed by atoms with van der Waals surface area (Å²) in [5, 5.41) is 8.34. The minimum Gasteiger partial charge on any atom is -0.479 e. The van der Waals surface area contributed by atoms with Crippen molar-refractivity contribution < 1.29 is 14.6 Å². The fraction of sp³-hybridized carbons (Fsp3) is 0.600. The number of carbonyl (C=O) groups is 1. The molecule has 1 atom stereocenters. The van der Waals surface area contributed by atoms with Crippen LogP contribution in [0.5, 0.6) is 0 Å². The van der Waals surface area contributed by atoms with Crippen LogP contribution in [-0.4, -0.2) is 36.5 Å². The maximum absolute atomic E-state index is 10.2. The summed E-state index contributed by atoms with van der Waals surface area (Å²) in [5.74, 6) is -0.938. The third-order valence-corrected chi connectivity index (χ3v) is 1.05. The van der Waals surface area contributed by atoms with E-state index in [1.54, 1.807) is 6.21 Å². The molecule has 50 valence electrons. The van der Waals surface area contributed by atoms with Crippen LogP contribution in [0.4, 0.5) is 0 Å². The van der Waals surface area contributed by atoms with Crippen LogP contribution in [0.3, 0.4) is 0 Å². The quantitative estimate of drug-likeness (QED) is 0.521. The van der Waals surface area contributed by atoms with Gasteiger partial charge in [0, 0.05) is 6.21 Å². The molecule has 0 fully saturated rings. The molecule has 0 aromatic carbocycles. The van der Waals surface area contributed by atoms with Gasteiger partial charge in [0.25, 0.3) is 0 Å². The zero-order valence-electron chi connectivity index (χ0n) is 4.78. The molecule has 1 unspecified atom stereocenters. The summed E-state index contributed by atoms with van der Waals surface area (Å²) in [6.45, 7) is 0.562. The second kappa shape index (κ2) is 2.59. The van der Waals surface area contributed by atoms with Crippen molar-refractivity contribution in [1.82, 2.24) is 0 Å². The maximum Gasteiger partial charge on any atom is 0.334 e. The van der Waals surface area contributed by atoms with Gasteiger partial charge in [-0.1, -0.05) is 0 Å². The summed E-state index contributed by atoms with van der Waals surface area (Å²) < 4.78 is 4.79. The second-order valence-electron chi connectivity index (χ2n) is 1.71. The second-order valence-corrected chi connectivity index (χ2v) is 1.71. The van der Waals surface area contributed by atoms with E-state index in [2.05, 4.69) is 4.99 Å².